The van der Waals surface area contributed by atoms with Crippen molar-refractivity contribution in [2.75, 3.05) is 17.2 Å². The van der Waals surface area contributed by atoms with Gasteiger partial charge in [0.2, 0.25) is 5.91 Å². The third-order valence-corrected chi connectivity index (χ3v) is 5.58. The monoisotopic (exact) mass is 383 g/mol. The van der Waals surface area contributed by atoms with Crippen molar-refractivity contribution in [3.05, 3.63) is 59.0 Å². The number of aryl methyl sites for hydroxylation is 2. The van der Waals surface area contributed by atoms with Crippen LogP contribution >= 0.6 is 23.1 Å². The molecule has 0 aliphatic heterocycles. The van der Waals surface area contributed by atoms with Crippen LogP contribution in [0.25, 0.3) is 0 Å². The minimum atomic E-state index is -0.129. The summed E-state index contributed by atoms with van der Waals surface area (Å²) in [7, 11) is 0. The van der Waals surface area contributed by atoms with Gasteiger partial charge in [0.15, 0.2) is 5.16 Å². The quantitative estimate of drug-likeness (QED) is 0.441. The molecular formula is C18H17N5OS2. The van der Waals surface area contributed by atoms with Crippen LogP contribution in [0.4, 0.5) is 5.69 Å². The first-order chi connectivity index (χ1) is 12.8. The number of carbonyl (C=O) groups is 1. The summed E-state index contributed by atoms with van der Waals surface area (Å²) in [6, 6.07) is 15.4. The Morgan fingerprint density at radius 3 is 2.85 bits per heavy atom. The lowest BCUT2D eigenvalue weighted by atomic mass is 10.3. The number of nitriles is 1. The molecule has 3 rings (SSSR count). The summed E-state index contributed by atoms with van der Waals surface area (Å²) < 4.78 is 1.95. The van der Waals surface area contributed by atoms with Crippen molar-refractivity contribution in [3.8, 4) is 6.07 Å². The first-order valence-electron chi connectivity index (χ1n) is 8.03. The lowest BCUT2D eigenvalue weighted by Gasteiger charge is -2.19. The van der Waals surface area contributed by atoms with E-state index in [1.54, 1.807) is 17.7 Å². The normalized spacial score (nSPS) is 10.4. The fraction of sp³-hybridized carbons (Fsp3) is 0.222. The second-order valence-electron chi connectivity index (χ2n) is 5.40. The highest BCUT2D eigenvalue weighted by molar-refractivity contribution is 7.99. The van der Waals surface area contributed by atoms with Crippen LogP contribution in [0.5, 0.6) is 0 Å². The van der Waals surface area contributed by atoms with Crippen molar-refractivity contribution in [2.45, 2.75) is 18.1 Å². The smallest absolute Gasteiger partial charge is 0.238 e. The molecule has 8 heteroatoms. The van der Waals surface area contributed by atoms with Gasteiger partial charge in [-0.15, -0.1) is 21.5 Å². The highest BCUT2D eigenvalue weighted by Gasteiger charge is 2.17. The topological polar surface area (TPSA) is 74.8 Å². The number of thioether (sulfide) groups is 1. The van der Waals surface area contributed by atoms with Gasteiger partial charge in [0.05, 0.1) is 11.8 Å². The molecule has 3 aromatic rings. The molecule has 0 radical (unpaired) electrons. The maximum absolute atomic E-state index is 12.6. The number of nitrogens with zero attached hydrogens (tertiary/aromatic N) is 5. The molecule has 6 nitrogen and oxygen atoms in total. The maximum atomic E-state index is 12.6. The van der Waals surface area contributed by atoms with Crippen molar-refractivity contribution in [2.24, 2.45) is 0 Å². The number of benzene rings is 1. The van der Waals surface area contributed by atoms with E-state index in [1.165, 1.54) is 21.5 Å². The number of para-hydroxylation sites is 1. The summed E-state index contributed by atoms with van der Waals surface area (Å²) >= 11 is 3.06. The third-order valence-electron chi connectivity index (χ3n) is 3.68. The molecule has 0 atom stereocenters. The van der Waals surface area contributed by atoms with Crippen LogP contribution in [0.3, 0.4) is 0 Å². The minimum Gasteiger partial charge on any atom is -0.308 e. The molecular weight excluding hydrogens is 366 g/mol. The van der Waals surface area contributed by atoms with Gasteiger partial charge in [-0.25, -0.2) is 0 Å². The number of hydrogen-bond donors (Lipinski definition) is 0. The molecule has 0 spiro atoms. The first kappa shape index (κ1) is 18.2. The maximum Gasteiger partial charge on any atom is 0.238 e. The van der Waals surface area contributed by atoms with Crippen LogP contribution in [0.2, 0.25) is 0 Å². The Morgan fingerprint density at radius 2 is 2.12 bits per heavy atom. The molecule has 0 N–H and O–H groups in total. The van der Waals surface area contributed by atoms with Crippen molar-refractivity contribution in [1.29, 1.82) is 5.26 Å². The summed E-state index contributed by atoms with van der Waals surface area (Å²) in [5.41, 5.74) is 0.721. The molecule has 1 amide bonds. The summed E-state index contributed by atoms with van der Waals surface area (Å²) in [6.07, 6.45) is 2.59. The molecule has 26 heavy (non-hydrogen) atoms. The average molecular weight is 384 g/mol. The largest absolute Gasteiger partial charge is 0.308 e. The fourth-order valence-electron chi connectivity index (χ4n) is 2.40. The molecule has 0 aliphatic carbocycles. The highest BCUT2D eigenvalue weighted by Crippen LogP contribution is 2.20. The summed E-state index contributed by atoms with van der Waals surface area (Å²) in [4.78, 5) is 15.4. The van der Waals surface area contributed by atoms with E-state index >= 15 is 0 Å². The summed E-state index contributed by atoms with van der Waals surface area (Å²) in [6.45, 7) is 0.791. The van der Waals surface area contributed by atoms with Crippen molar-refractivity contribution < 1.29 is 4.79 Å². The van der Waals surface area contributed by atoms with Crippen LogP contribution in [0, 0.1) is 11.3 Å². The molecule has 0 saturated carbocycles. The molecule has 0 fully saturated rings. The number of thiophene rings is 1. The first-order valence-corrected chi connectivity index (χ1v) is 9.90. The number of aromatic nitrogens is 3. The number of amides is 1. The lowest BCUT2D eigenvalue weighted by molar-refractivity contribution is -0.116. The Balaban J connectivity index is 1.60. The predicted octanol–water partition coefficient (Wildman–Crippen LogP) is 3.23. The van der Waals surface area contributed by atoms with Crippen LogP contribution in [-0.4, -0.2) is 33.0 Å². The SMILES string of the molecule is N#CCN(C(=O)CSc1nncn1CCc1cccs1)c1ccccc1. The number of rotatable bonds is 8. The molecule has 0 saturated heterocycles. The summed E-state index contributed by atoms with van der Waals surface area (Å²) in [5, 5.41) is 19.9. The number of carbonyl (C=O) groups excluding carboxylic acids is 1. The van der Waals surface area contributed by atoms with Crippen LogP contribution in [0.1, 0.15) is 4.88 Å². The number of hydrogen-bond acceptors (Lipinski definition) is 6. The lowest BCUT2D eigenvalue weighted by Crippen LogP contribution is -2.32. The zero-order valence-electron chi connectivity index (χ0n) is 14.0. The van der Waals surface area contributed by atoms with E-state index in [2.05, 4.69) is 27.7 Å². The van der Waals surface area contributed by atoms with E-state index in [9.17, 15) is 4.79 Å². The highest BCUT2D eigenvalue weighted by atomic mass is 32.2. The Hall–Kier alpha value is -2.63. The van der Waals surface area contributed by atoms with Crippen LogP contribution < -0.4 is 4.90 Å². The van der Waals surface area contributed by atoms with Gasteiger partial charge in [-0.2, -0.15) is 5.26 Å². The minimum absolute atomic E-state index is 0.0223. The Bertz CT molecular complexity index is 871. The van der Waals surface area contributed by atoms with Gasteiger partial charge in [0.1, 0.15) is 12.9 Å². The number of anilines is 1. The van der Waals surface area contributed by atoms with Crippen LogP contribution in [0.15, 0.2) is 59.3 Å². The van der Waals surface area contributed by atoms with Gasteiger partial charge >= 0.3 is 0 Å². The van der Waals surface area contributed by atoms with E-state index in [-0.39, 0.29) is 18.2 Å². The van der Waals surface area contributed by atoms with Crippen LogP contribution in [-0.2, 0) is 17.8 Å². The van der Waals surface area contributed by atoms with Crippen molar-refractivity contribution in [3.63, 3.8) is 0 Å². The van der Waals surface area contributed by atoms with Gasteiger partial charge in [-0.3, -0.25) is 9.69 Å². The van der Waals surface area contributed by atoms with Gasteiger partial charge in [0, 0.05) is 17.1 Å². The Kier molecular flexibility index (Phi) is 6.41. The van der Waals surface area contributed by atoms with Gasteiger partial charge < -0.3 is 4.57 Å². The van der Waals surface area contributed by atoms with E-state index in [0.29, 0.717) is 5.16 Å². The molecule has 0 bridgehead atoms. The van der Waals surface area contributed by atoms with E-state index < -0.39 is 0 Å². The zero-order valence-corrected chi connectivity index (χ0v) is 15.6. The predicted molar refractivity (Wildman–Crippen MR) is 103 cm³/mol. The molecule has 2 aromatic heterocycles. The Labute approximate surface area is 160 Å². The molecule has 0 aliphatic rings. The molecule has 2 heterocycles. The van der Waals surface area contributed by atoms with Gasteiger partial charge in [-0.05, 0) is 30.0 Å². The van der Waals surface area contributed by atoms with E-state index in [4.69, 9.17) is 5.26 Å². The average Bonchev–Trinajstić information content (AvgIpc) is 3.34. The second-order valence-corrected chi connectivity index (χ2v) is 7.37. The van der Waals surface area contributed by atoms with Crippen molar-refractivity contribution in [1.82, 2.24) is 14.8 Å². The summed E-state index contributed by atoms with van der Waals surface area (Å²) in [5.74, 6) is 0.0735. The second kappa shape index (κ2) is 9.17. The standard InChI is InChI=1S/C18H17N5OS2/c19-9-11-23(15-5-2-1-3-6-15)17(24)13-26-18-21-20-14-22(18)10-8-16-7-4-12-25-16/h1-7,12,14H,8,10-11,13H2. The van der Waals surface area contributed by atoms with Crippen molar-refractivity contribution >= 4 is 34.7 Å². The van der Waals surface area contributed by atoms with Gasteiger partial charge in [-0.1, -0.05) is 36.0 Å². The molecule has 1 aromatic carbocycles. The van der Waals surface area contributed by atoms with Gasteiger partial charge in [0.25, 0.3) is 0 Å². The molecule has 0 unspecified atom stereocenters. The third kappa shape index (κ3) is 4.71. The van der Waals surface area contributed by atoms with E-state index in [0.717, 1.165) is 18.7 Å². The van der Waals surface area contributed by atoms with E-state index in [1.807, 2.05) is 41.0 Å². The fourth-order valence-corrected chi connectivity index (χ4v) is 3.92. The molecule has 132 valence electrons. The zero-order chi connectivity index (χ0) is 18.2. The Morgan fingerprint density at radius 1 is 1.27 bits per heavy atom.